The first-order valence-corrected chi connectivity index (χ1v) is 2.76. The summed E-state index contributed by atoms with van der Waals surface area (Å²) < 4.78 is 20.6. The second kappa shape index (κ2) is 5.97. The Morgan fingerprint density at radius 2 is 2.36 bits per heavy atom. The van der Waals surface area contributed by atoms with E-state index in [2.05, 4.69) is 0 Å². The zero-order valence-electron chi connectivity index (χ0n) is 9.33. The summed E-state index contributed by atoms with van der Waals surface area (Å²) in [5.74, 6) is -1.66. The molecule has 0 saturated carbocycles. The zero-order chi connectivity index (χ0) is 10.7. The molecule has 4 nitrogen and oxygen atoms in total. The largest absolute Gasteiger partial charge is 1.00 e. The third-order valence-electron chi connectivity index (χ3n) is 0.962. The van der Waals surface area contributed by atoms with E-state index in [1.54, 1.807) is 0 Å². The fourth-order valence-electron chi connectivity index (χ4n) is 0.512. The molecule has 0 aliphatic carbocycles. The van der Waals surface area contributed by atoms with Crippen LogP contribution in [0.4, 0.5) is 0 Å². The molecular weight excluding hydrogens is 160 g/mol. The second-order valence-corrected chi connectivity index (χ2v) is 2.05. The SMILES string of the molecule is [2H][13C]([2H])([2H])C(O)(CCO)CC(=O)[O-].[Na+]. The number of aliphatic carboxylic acids is 1. The quantitative estimate of drug-likeness (QED) is 0.331. The van der Waals surface area contributed by atoms with Gasteiger partial charge in [-0.25, -0.2) is 0 Å². The van der Waals surface area contributed by atoms with Crippen LogP contribution in [-0.4, -0.2) is 28.4 Å². The van der Waals surface area contributed by atoms with Gasteiger partial charge in [-0.05, 0) is 13.3 Å². The average Bonchev–Trinajstić information content (AvgIpc) is 1.82. The van der Waals surface area contributed by atoms with Gasteiger partial charge in [0.1, 0.15) is 0 Å². The molecule has 0 saturated heterocycles. The van der Waals surface area contributed by atoms with Gasteiger partial charge in [-0.3, -0.25) is 0 Å². The van der Waals surface area contributed by atoms with Gasteiger partial charge in [-0.2, -0.15) is 0 Å². The van der Waals surface area contributed by atoms with E-state index in [1.165, 1.54) is 0 Å². The van der Waals surface area contributed by atoms with Gasteiger partial charge in [0.15, 0.2) is 0 Å². The maximum Gasteiger partial charge on any atom is 1.00 e. The molecule has 1 unspecified atom stereocenters. The number of carbonyl (C=O) groups is 1. The normalized spacial score (nSPS) is 20.0. The minimum atomic E-state index is -2.84. The van der Waals surface area contributed by atoms with Crippen molar-refractivity contribution in [2.45, 2.75) is 25.3 Å². The summed E-state index contributed by atoms with van der Waals surface area (Å²) in [6.45, 7) is -3.43. The summed E-state index contributed by atoms with van der Waals surface area (Å²) in [4.78, 5) is 10.1. The summed E-state index contributed by atoms with van der Waals surface area (Å²) >= 11 is 0. The predicted molar refractivity (Wildman–Crippen MR) is 32.0 cm³/mol. The van der Waals surface area contributed by atoms with Crippen molar-refractivity contribution in [2.75, 3.05) is 6.61 Å². The van der Waals surface area contributed by atoms with Crippen LogP contribution in [0.3, 0.4) is 0 Å². The number of carboxylic acid groups (broad SMARTS) is 1. The molecule has 0 aromatic carbocycles. The van der Waals surface area contributed by atoms with E-state index in [0.717, 1.165) is 0 Å². The van der Waals surface area contributed by atoms with Crippen LogP contribution in [0.2, 0.25) is 0 Å². The van der Waals surface area contributed by atoms with Crippen LogP contribution in [0.15, 0.2) is 0 Å². The van der Waals surface area contributed by atoms with E-state index in [1.807, 2.05) is 0 Å². The van der Waals surface area contributed by atoms with Crippen molar-refractivity contribution in [1.82, 2.24) is 0 Å². The van der Waals surface area contributed by atoms with Gasteiger partial charge in [0.2, 0.25) is 0 Å². The fraction of sp³-hybridized carbons (Fsp3) is 0.833. The molecule has 0 heterocycles. The number of hydrogen-bond acceptors (Lipinski definition) is 4. The standard InChI is InChI=1S/C6H12O4.Na/c1-6(10,2-3-7)4-5(8)9;/h7,10H,2-4H2,1H3,(H,8,9);/q;+1/p-1/i1+1D3;. The monoisotopic (exact) mass is 174 g/mol. The smallest absolute Gasteiger partial charge is 0.550 e. The molecule has 0 aromatic heterocycles. The van der Waals surface area contributed by atoms with Crippen molar-refractivity contribution >= 4 is 5.97 Å². The van der Waals surface area contributed by atoms with Crippen LogP contribution in [0.5, 0.6) is 0 Å². The Kier molecular flexibility index (Phi) is 4.35. The van der Waals surface area contributed by atoms with Gasteiger partial charge < -0.3 is 20.1 Å². The maximum atomic E-state index is 10.1. The van der Waals surface area contributed by atoms with Gasteiger partial charge >= 0.3 is 29.6 Å². The molecule has 0 radical (unpaired) electrons. The Bertz CT molecular complexity index is 196. The first kappa shape index (κ1) is 8.01. The van der Waals surface area contributed by atoms with Crippen molar-refractivity contribution in [1.29, 1.82) is 0 Å². The Hall–Kier alpha value is 0.390. The molecule has 0 aliphatic heterocycles. The van der Waals surface area contributed by atoms with Crippen molar-refractivity contribution in [2.24, 2.45) is 0 Å². The molecule has 60 valence electrons. The third kappa shape index (κ3) is 8.29. The van der Waals surface area contributed by atoms with Crippen molar-refractivity contribution in [3.63, 3.8) is 0 Å². The Labute approximate surface area is 91.7 Å². The molecule has 0 fully saturated rings. The molecule has 2 N–H and O–H groups in total. The molecule has 0 rings (SSSR count). The molecule has 0 bridgehead atoms. The summed E-state index contributed by atoms with van der Waals surface area (Å²) in [5.41, 5.74) is -2.40. The third-order valence-corrected chi connectivity index (χ3v) is 0.962. The molecule has 11 heavy (non-hydrogen) atoms. The van der Waals surface area contributed by atoms with Crippen LogP contribution in [0.25, 0.3) is 0 Å². The van der Waals surface area contributed by atoms with Gasteiger partial charge in [0, 0.05) is 23.1 Å². The van der Waals surface area contributed by atoms with Crippen LogP contribution < -0.4 is 34.7 Å². The van der Waals surface area contributed by atoms with E-state index >= 15 is 0 Å². The second-order valence-electron chi connectivity index (χ2n) is 2.05. The molecule has 1 atom stereocenters. The number of aliphatic hydroxyl groups is 2. The summed E-state index contributed by atoms with van der Waals surface area (Å²) in [6, 6.07) is 0. The van der Waals surface area contributed by atoms with Gasteiger partial charge in [-0.1, -0.05) is 0 Å². The Balaban J connectivity index is 0. The Morgan fingerprint density at radius 3 is 2.64 bits per heavy atom. The van der Waals surface area contributed by atoms with Crippen molar-refractivity contribution in [3.8, 4) is 0 Å². The van der Waals surface area contributed by atoms with E-state index < -0.39 is 37.9 Å². The minimum absolute atomic E-state index is 0. The first-order valence-electron chi connectivity index (χ1n) is 4.26. The first-order chi connectivity index (χ1) is 5.73. The molecule has 0 aromatic rings. The molecule has 5 heteroatoms. The van der Waals surface area contributed by atoms with E-state index in [4.69, 9.17) is 9.22 Å². The summed E-state index contributed by atoms with van der Waals surface area (Å²) in [6.07, 6.45) is -1.53. The molecule has 0 amide bonds. The van der Waals surface area contributed by atoms with Gasteiger partial charge in [0.25, 0.3) is 0 Å². The van der Waals surface area contributed by atoms with Gasteiger partial charge in [-0.15, -0.1) is 0 Å². The molecular formula is C6H11NaO4. The number of hydrogen-bond donors (Lipinski definition) is 2. The van der Waals surface area contributed by atoms with E-state index in [9.17, 15) is 15.0 Å². The average molecular weight is 174 g/mol. The van der Waals surface area contributed by atoms with Crippen LogP contribution >= 0.6 is 0 Å². The fourth-order valence-corrected chi connectivity index (χ4v) is 0.512. The van der Waals surface area contributed by atoms with E-state index in [0.29, 0.717) is 0 Å². The zero-order valence-corrected chi connectivity index (χ0v) is 8.33. The summed E-state index contributed by atoms with van der Waals surface area (Å²) in [5, 5.41) is 28.0. The van der Waals surface area contributed by atoms with Crippen LogP contribution in [-0.2, 0) is 4.79 Å². The number of rotatable bonds is 4. The van der Waals surface area contributed by atoms with Crippen molar-refractivity contribution in [3.05, 3.63) is 0 Å². The number of aliphatic hydroxyl groups excluding tert-OH is 1. The predicted octanol–water partition coefficient (Wildman–Crippen LogP) is -4.74. The Morgan fingerprint density at radius 1 is 1.82 bits per heavy atom. The van der Waals surface area contributed by atoms with E-state index in [-0.39, 0.29) is 29.6 Å². The number of carbonyl (C=O) groups excluding carboxylic acids is 1. The summed E-state index contributed by atoms with van der Waals surface area (Å²) in [7, 11) is 0. The van der Waals surface area contributed by atoms with Crippen molar-refractivity contribution < 1.29 is 53.8 Å². The van der Waals surface area contributed by atoms with Crippen LogP contribution in [0.1, 0.15) is 23.8 Å². The van der Waals surface area contributed by atoms with Gasteiger partial charge in [0.05, 0.1) is 5.60 Å². The number of carboxylic acids is 1. The molecule has 0 spiro atoms. The maximum absolute atomic E-state index is 10.1. The minimum Gasteiger partial charge on any atom is -0.550 e. The van der Waals surface area contributed by atoms with Crippen LogP contribution in [0, 0.1) is 0 Å². The molecule has 0 aliphatic rings. The topological polar surface area (TPSA) is 80.6 Å².